The highest BCUT2D eigenvalue weighted by molar-refractivity contribution is 7.99. The van der Waals surface area contributed by atoms with Crippen LogP contribution in [0.15, 0.2) is 35.6 Å². The van der Waals surface area contributed by atoms with Gasteiger partial charge in [0, 0.05) is 24.4 Å². The number of benzene rings is 1. The molecule has 1 heterocycles. The molecule has 0 bridgehead atoms. The third kappa shape index (κ3) is 7.01. The van der Waals surface area contributed by atoms with Crippen molar-refractivity contribution < 1.29 is 14.3 Å². The van der Waals surface area contributed by atoms with E-state index in [1.165, 1.54) is 18.0 Å². The van der Waals surface area contributed by atoms with Gasteiger partial charge >= 0.3 is 0 Å². The van der Waals surface area contributed by atoms with Crippen LogP contribution >= 0.6 is 23.4 Å². The SMILES string of the molecule is CCCSc1ncc(Cl)c(C(=O)NCCCC(=O)Nc2ccc(OC)cc2)n1. The van der Waals surface area contributed by atoms with Crippen molar-refractivity contribution in [2.75, 3.05) is 24.7 Å². The minimum Gasteiger partial charge on any atom is -0.497 e. The number of hydrogen-bond acceptors (Lipinski definition) is 6. The summed E-state index contributed by atoms with van der Waals surface area (Å²) in [5, 5.41) is 6.26. The fourth-order valence-electron chi connectivity index (χ4n) is 2.21. The normalized spacial score (nSPS) is 10.4. The number of amides is 2. The number of methoxy groups -OCH3 is 1. The maximum absolute atomic E-state index is 12.3. The second-order valence-corrected chi connectivity index (χ2v) is 7.30. The van der Waals surface area contributed by atoms with Gasteiger partial charge in [0.05, 0.1) is 18.3 Å². The molecule has 0 atom stereocenters. The van der Waals surface area contributed by atoms with Crippen LogP contribution in [0.5, 0.6) is 5.75 Å². The standard InChI is InChI=1S/C19H23ClN4O3S/c1-3-11-28-19-22-12-15(20)17(24-19)18(26)21-10-4-5-16(25)23-13-6-8-14(27-2)9-7-13/h6-9,12H,3-5,10-11H2,1-2H3,(H,21,26)(H,23,25). The van der Waals surface area contributed by atoms with E-state index in [0.717, 1.165) is 17.9 Å². The number of nitrogens with zero attached hydrogens (tertiary/aromatic N) is 2. The van der Waals surface area contributed by atoms with Crippen LogP contribution in [-0.2, 0) is 4.79 Å². The van der Waals surface area contributed by atoms with Crippen LogP contribution in [-0.4, -0.2) is 41.2 Å². The molecule has 0 radical (unpaired) electrons. The van der Waals surface area contributed by atoms with Crippen molar-refractivity contribution in [1.29, 1.82) is 0 Å². The zero-order chi connectivity index (χ0) is 20.4. The molecule has 150 valence electrons. The Morgan fingerprint density at radius 2 is 2.00 bits per heavy atom. The number of hydrogen-bond donors (Lipinski definition) is 2. The maximum atomic E-state index is 12.3. The van der Waals surface area contributed by atoms with Gasteiger partial charge in [0.25, 0.3) is 5.91 Å². The van der Waals surface area contributed by atoms with Crippen LogP contribution in [0.3, 0.4) is 0 Å². The Balaban J connectivity index is 1.76. The van der Waals surface area contributed by atoms with Gasteiger partial charge in [-0.2, -0.15) is 0 Å². The summed E-state index contributed by atoms with van der Waals surface area (Å²) in [4.78, 5) is 32.6. The molecule has 7 nitrogen and oxygen atoms in total. The lowest BCUT2D eigenvalue weighted by atomic mass is 10.2. The van der Waals surface area contributed by atoms with Gasteiger partial charge in [0.2, 0.25) is 5.91 Å². The highest BCUT2D eigenvalue weighted by atomic mass is 35.5. The van der Waals surface area contributed by atoms with E-state index in [1.807, 2.05) is 0 Å². The van der Waals surface area contributed by atoms with E-state index in [9.17, 15) is 9.59 Å². The summed E-state index contributed by atoms with van der Waals surface area (Å²) in [5.74, 6) is 1.09. The second kappa shape index (κ2) is 11.5. The molecular formula is C19H23ClN4O3S. The van der Waals surface area contributed by atoms with Gasteiger partial charge in [-0.1, -0.05) is 30.3 Å². The van der Waals surface area contributed by atoms with Crippen LogP contribution in [0.1, 0.15) is 36.7 Å². The first-order valence-electron chi connectivity index (χ1n) is 8.91. The molecule has 2 amide bonds. The lowest BCUT2D eigenvalue weighted by molar-refractivity contribution is -0.116. The summed E-state index contributed by atoms with van der Waals surface area (Å²) < 4.78 is 5.07. The van der Waals surface area contributed by atoms with Crippen LogP contribution in [0.2, 0.25) is 5.02 Å². The average Bonchev–Trinajstić information content (AvgIpc) is 2.71. The molecule has 2 N–H and O–H groups in total. The van der Waals surface area contributed by atoms with Crippen molar-refractivity contribution in [2.24, 2.45) is 0 Å². The molecule has 0 aliphatic carbocycles. The molecule has 0 spiro atoms. The van der Waals surface area contributed by atoms with E-state index in [-0.39, 0.29) is 29.0 Å². The fraction of sp³-hybridized carbons (Fsp3) is 0.368. The smallest absolute Gasteiger partial charge is 0.271 e. The van der Waals surface area contributed by atoms with Crippen LogP contribution < -0.4 is 15.4 Å². The summed E-state index contributed by atoms with van der Waals surface area (Å²) in [6, 6.07) is 7.08. The fourth-order valence-corrected chi connectivity index (χ4v) is 3.05. The first-order chi connectivity index (χ1) is 13.5. The van der Waals surface area contributed by atoms with Crippen molar-refractivity contribution >= 4 is 40.9 Å². The molecule has 2 aromatic rings. The first kappa shape index (κ1) is 22.0. The number of halogens is 1. The average molecular weight is 423 g/mol. The Hall–Kier alpha value is -2.32. The lowest BCUT2D eigenvalue weighted by Crippen LogP contribution is -2.27. The van der Waals surface area contributed by atoms with E-state index in [0.29, 0.717) is 23.8 Å². The van der Waals surface area contributed by atoms with E-state index in [2.05, 4.69) is 27.5 Å². The number of rotatable bonds is 10. The summed E-state index contributed by atoms with van der Waals surface area (Å²) in [7, 11) is 1.58. The Bertz CT molecular complexity index is 802. The topological polar surface area (TPSA) is 93.2 Å². The van der Waals surface area contributed by atoms with Crippen LogP contribution in [0.4, 0.5) is 5.69 Å². The highest BCUT2D eigenvalue weighted by Gasteiger charge is 2.14. The zero-order valence-electron chi connectivity index (χ0n) is 15.8. The molecule has 0 unspecified atom stereocenters. The van der Waals surface area contributed by atoms with Gasteiger partial charge in [-0.3, -0.25) is 9.59 Å². The van der Waals surface area contributed by atoms with Crippen molar-refractivity contribution in [3.8, 4) is 5.75 Å². The minimum atomic E-state index is -0.374. The number of anilines is 1. The molecule has 1 aromatic carbocycles. The van der Waals surface area contributed by atoms with E-state index >= 15 is 0 Å². The van der Waals surface area contributed by atoms with Gasteiger partial charge in [-0.05, 0) is 37.1 Å². The van der Waals surface area contributed by atoms with Crippen molar-refractivity contribution in [3.05, 3.63) is 41.2 Å². The van der Waals surface area contributed by atoms with E-state index in [1.54, 1.807) is 31.4 Å². The predicted octanol–water partition coefficient (Wildman–Crippen LogP) is 3.79. The van der Waals surface area contributed by atoms with Gasteiger partial charge in [0.15, 0.2) is 10.9 Å². The highest BCUT2D eigenvalue weighted by Crippen LogP contribution is 2.19. The molecule has 0 aliphatic rings. The number of carbonyl (C=O) groups excluding carboxylic acids is 2. The van der Waals surface area contributed by atoms with Crippen LogP contribution in [0.25, 0.3) is 0 Å². The van der Waals surface area contributed by atoms with Crippen LogP contribution in [0, 0.1) is 0 Å². The Kier molecular flexibility index (Phi) is 9.03. The maximum Gasteiger partial charge on any atom is 0.271 e. The summed E-state index contributed by atoms with van der Waals surface area (Å²) in [6.07, 6.45) is 3.19. The van der Waals surface area contributed by atoms with Crippen molar-refractivity contribution in [2.45, 2.75) is 31.3 Å². The molecule has 2 rings (SSSR count). The molecule has 0 aliphatic heterocycles. The number of ether oxygens (including phenoxy) is 1. The van der Waals surface area contributed by atoms with E-state index in [4.69, 9.17) is 16.3 Å². The molecule has 0 saturated heterocycles. The summed E-state index contributed by atoms with van der Waals surface area (Å²) in [5.41, 5.74) is 0.845. The Morgan fingerprint density at radius 3 is 2.68 bits per heavy atom. The van der Waals surface area contributed by atoms with Gasteiger partial charge in [-0.15, -0.1) is 0 Å². The number of carbonyl (C=O) groups is 2. The molecule has 9 heteroatoms. The molecule has 0 fully saturated rings. The van der Waals surface area contributed by atoms with Gasteiger partial charge < -0.3 is 15.4 Å². The largest absolute Gasteiger partial charge is 0.497 e. The third-order valence-corrected chi connectivity index (χ3v) is 4.96. The third-order valence-electron chi connectivity index (χ3n) is 3.61. The monoisotopic (exact) mass is 422 g/mol. The zero-order valence-corrected chi connectivity index (χ0v) is 17.4. The number of nitrogens with one attached hydrogen (secondary N) is 2. The van der Waals surface area contributed by atoms with Gasteiger partial charge in [-0.25, -0.2) is 9.97 Å². The lowest BCUT2D eigenvalue weighted by Gasteiger charge is -2.08. The molecule has 28 heavy (non-hydrogen) atoms. The number of thioether (sulfide) groups is 1. The van der Waals surface area contributed by atoms with E-state index < -0.39 is 0 Å². The minimum absolute atomic E-state index is 0.127. The van der Waals surface area contributed by atoms with Crippen molar-refractivity contribution in [3.63, 3.8) is 0 Å². The van der Waals surface area contributed by atoms with Gasteiger partial charge in [0.1, 0.15) is 5.75 Å². The summed E-state index contributed by atoms with van der Waals surface area (Å²) >= 11 is 7.51. The molecule has 1 aromatic heterocycles. The molecule has 0 saturated carbocycles. The summed E-state index contributed by atoms with van der Waals surface area (Å²) in [6.45, 7) is 2.40. The Labute approximate surface area is 173 Å². The molecular weight excluding hydrogens is 400 g/mol. The quantitative estimate of drug-likeness (QED) is 0.343. The first-order valence-corrected chi connectivity index (χ1v) is 10.3. The van der Waals surface area contributed by atoms with Crippen molar-refractivity contribution in [1.82, 2.24) is 15.3 Å². The predicted molar refractivity (Wildman–Crippen MR) is 111 cm³/mol. The Morgan fingerprint density at radius 1 is 1.25 bits per heavy atom. The second-order valence-electron chi connectivity index (χ2n) is 5.83. The number of aromatic nitrogens is 2.